The molecule has 0 spiro atoms. The van der Waals surface area contributed by atoms with Gasteiger partial charge in [-0.3, -0.25) is 5.10 Å². The van der Waals surface area contributed by atoms with Gasteiger partial charge in [0.25, 0.3) is 0 Å². The summed E-state index contributed by atoms with van der Waals surface area (Å²) in [5.41, 5.74) is 0.0141. The summed E-state index contributed by atoms with van der Waals surface area (Å²) in [5.74, 6) is 1.78. The molecule has 2 heterocycles. The quantitative estimate of drug-likeness (QED) is 0.807. The van der Waals surface area contributed by atoms with Crippen molar-refractivity contribution in [3.63, 3.8) is 0 Å². The predicted octanol–water partition coefficient (Wildman–Crippen LogP) is 0.326. The molecule has 3 rings (SSSR count). The van der Waals surface area contributed by atoms with E-state index in [9.17, 15) is 0 Å². The second kappa shape index (κ2) is 4.85. The Balaban J connectivity index is 1.65. The molecule has 2 aliphatic rings. The van der Waals surface area contributed by atoms with Crippen molar-refractivity contribution in [2.75, 3.05) is 38.2 Å². The Kier molecular flexibility index (Phi) is 3.22. The molecular formula is C12H21N5O. The fourth-order valence-electron chi connectivity index (χ4n) is 2.70. The molecule has 18 heavy (non-hydrogen) atoms. The molecule has 1 aromatic rings. The molecule has 0 unspecified atom stereocenters. The molecule has 0 bridgehead atoms. The van der Waals surface area contributed by atoms with E-state index < -0.39 is 0 Å². The van der Waals surface area contributed by atoms with E-state index in [2.05, 4.69) is 25.4 Å². The van der Waals surface area contributed by atoms with E-state index in [1.165, 1.54) is 6.42 Å². The highest BCUT2D eigenvalue weighted by Crippen LogP contribution is 2.37. The third-order valence-corrected chi connectivity index (χ3v) is 4.11. The zero-order valence-corrected chi connectivity index (χ0v) is 10.9. The second-order valence-corrected chi connectivity index (χ2v) is 5.24. The van der Waals surface area contributed by atoms with Crippen LogP contribution in [-0.4, -0.2) is 54.1 Å². The summed E-state index contributed by atoms with van der Waals surface area (Å²) in [6, 6.07) is 0. The number of hydrogen-bond donors (Lipinski definition) is 2. The van der Waals surface area contributed by atoms with Crippen LogP contribution in [0.1, 0.15) is 25.1 Å². The number of hydrogen-bond acceptors (Lipinski definition) is 5. The first-order chi connectivity index (χ1) is 8.81. The van der Waals surface area contributed by atoms with Crippen molar-refractivity contribution in [3.8, 4) is 0 Å². The molecule has 6 nitrogen and oxygen atoms in total. The SMILES string of the molecule is COC1(Cc2nc(N3CCNCC3)n[nH]2)CCC1. The molecule has 1 aliphatic heterocycles. The van der Waals surface area contributed by atoms with Crippen molar-refractivity contribution in [1.82, 2.24) is 20.5 Å². The van der Waals surface area contributed by atoms with Crippen LogP contribution in [0.25, 0.3) is 0 Å². The number of rotatable bonds is 4. The van der Waals surface area contributed by atoms with Crippen molar-refractivity contribution >= 4 is 5.95 Å². The molecule has 1 saturated heterocycles. The monoisotopic (exact) mass is 251 g/mol. The van der Waals surface area contributed by atoms with Crippen LogP contribution >= 0.6 is 0 Å². The number of nitrogens with zero attached hydrogens (tertiary/aromatic N) is 3. The highest BCUT2D eigenvalue weighted by molar-refractivity contribution is 5.29. The van der Waals surface area contributed by atoms with E-state index in [4.69, 9.17) is 4.74 Å². The predicted molar refractivity (Wildman–Crippen MR) is 68.8 cm³/mol. The number of aromatic nitrogens is 3. The minimum atomic E-state index is 0.0141. The molecule has 2 fully saturated rings. The first-order valence-corrected chi connectivity index (χ1v) is 6.73. The number of anilines is 1. The Labute approximate surface area is 107 Å². The van der Waals surface area contributed by atoms with Gasteiger partial charge in [0.15, 0.2) is 0 Å². The molecule has 2 N–H and O–H groups in total. The molecule has 0 aromatic carbocycles. The van der Waals surface area contributed by atoms with Gasteiger partial charge in [-0.1, -0.05) is 0 Å². The number of H-pyrrole nitrogens is 1. The van der Waals surface area contributed by atoms with E-state index in [-0.39, 0.29) is 5.60 Å². The Morgan fingerprint density at radius 3 is 2.72 bits per heavy atom. The summed E-state index contributed by atoms with van der Waals surface area (Å²) in [6.45, 7) is 3.97. The molecule has 1 saturated carbocycles. The Bertz CT molecular complexity index is 389. The number of piperazine rings is 1. The van der Waals surface area contributed by atoms with Crippen LogP contribution in [-0.2, 0) is 11.2 Å². The van der Waals surface area contributed by atoms with Crippen LogP contribution in [0.2, 0.25) is 0 Å². The lowest BCUT2D eigenvalue weighted by Crippen LogP contribution is -2.44. The van der Waals surface area contributed by atoms with Gasteiger partial charge in [0.2, 0.25) is 5.95 Å². The van der Waals surface area contributed by atoms with Crippen molar-refractivity contribution in [3.05, 3.63) is 5.82 Å². The normalized spacial score (nSPS) is 22.8. The molecule has 100 valence electrons. The van der Waals surface area contributed by atoms with Crippen LogP contribution in [0, 0.1) is 0 Å². The lowest BCUT2D eigenvalue weighted by atomic mass is 9.77. The van der Waals surface area contributed by atoms with E-state index in [0.717, 1.165) is 57.2 Å². The average molecular weight is 251 g/mol. The maximum atomic E-state index is 5.62. The second-order valence-electron chi connectivity index (χ2n) is 5.24. The number of aromatic amines is 1. The third kappa shape index (κ3) is 2.22. The zero-order valence-electron chi connectivity index (χ0n) is 10.9. The van der Waals surface area contributed by atoms with Crippen LogP contribution in [0.15, 0.2) is 0 Å². The van der Waals surface area contributed by atoms with Gasteiger partial charge in [0, 0.05) is 39.7 Å². The van der Waals surface area contributed by atoms with Gasteiger partial charge in [-0.25, -0.2) is 0 Å². The highest BCUT2D eigenvalue weighted by atomic mass is 16.5. The molecule has 1 aliphatic carbocycles. The van der Waals surface area contributed by atoms with E-state index in [1.54, 1.807) is 7.11 Å². The lowest BCUT2D eigenvalue weighted by molar-refractivity contribution is -0.0720. The fraction of sp³-hybridized carbons (Fsp3) is 0.833. The van der Waals surface area contributed by atoms with Gasteiger partial charge in [-0.05, 0) is 19.3 Å². The number of ether oxygens (including phenoxy) is 1. The van der Waals surface area contributed by atoms with Gasteiger partial charge in [0.05, 0.1) is 5.60 Å². The van der Waals surface area contributed by atoms with E-state index >= 15 is 0 Å². The number of methoxy groups -OCH3 is 1. The van der Waals surface area contributed by atoms with Gasteiger partial charge in [0.1, 0.15) is 5.82 Å². The summed E-state index contributed by atoms with van der Waals surface area (Å²) in [5, 5.41) is 10.7. The minimum Gasteiger partial charge on any atom is -0.378 e. The summed E-state index contributed by atoms with van der Waals surface area (Å²) in [4.78, 5) is 6.82. The summed E-state index contributed by atoms with van der Waals surface area (Å²) < 4.78 is 5.62. The molecular weight excluding hydrogens is 230 g/mol. The van der Waals surface area contributed by atoms with Gasteiger partial charge in [-0.2, -0.15) is 4.98 Å². The number of nitrogens with one attached hydrogen (secondary N) is 2. The topological polar surface area (TPSA) is 66.1 Å². The Hall–Kier alpha value is -1.14. The highest BCUT2D eigenvalue weighted by Gasteiger charge is 2.38. The van der Waals surface area contributed by atoms with Crippen LogP contribution < -0.4 is 10.2 Å². The van der Waals surface area contributed by atoms with Gasteiger partial charge in [-0.15, -0.1) is 5.10 Å². The van der Waals surface area contributed by atoms with Crippen molar-refractivity contribution in [2.45, 2.75) is 31.3 Å². The van der Waals surface area contributed by atoms with Crippen molar-refractivity contribution < 1.29 is 4.74 Å². The summed E-state index contributed by atoms with van der Waals surface area (Å²) >= 11 is 0. The largest absolute Gasteiger partial charge is 0.378 e. The molecule has 1 aromatic heterocycles. The average Bonchev–Trinajstić information content (AvgIpc) is 2.83. The maximum absolute atomic E-state index is 5.62. The Morgan fingerprint density at radius 1 is 1.33 bits per heavy atom. The smallest absolute Gasteiger partial charge is 0.244 e. The minimum absolute atomic E-state index is 0.0141. The Morgan fingerprint density at radius 2 is 2.11 bits per heavy atom. The van der Waals surface area contributed by atoms with Crippen molar-refractivity contribution in [2.24, 2.45) is 0 Å². The van der Waals surface area contributed by atoms with Crippen LogP contribution in [0.3, 0.4) is 0 Å². The fourth-order valence-corrected chi connectivity index (χ4v) is 2.70. The summed E-state index contributed by atoms with van der Waals surface area (Å²) in [7, 11) is 1.80. The molecule has 0 amide bonds. The van der Waals surface area contributed by atoms with Gasteiger partial charge >= 0.3 is 0 Å². The first kappa shape index (κ1) is 11.9. The maximum Gasteiger partial charge on any atom is 0.244 e. The van der Waals surface area contributed by atoms with E-state index in [0.29, 0.717) is 0 Å². The van der Waals surface area contributed by atoms with Gasteiger partial charge < -0.3 is 15.0 Å². The van der Waals surface area contributed by atoms with Crippen LogP contribution in [0.4, 0.5) is 5.95 Å². The summed E-state index contributed by atoms with van der Waals surface area (Å²) in [6.07, 6.45) is 4.37. The lowest BCUT2D eigenvalue weighted by Gasteiger charge is -2.39. The van der Waals surface area contributed by atoms with Crippen LogP contribution in [0.5, 0.6) is 0 Å². The van der Waals surface area contributed by atoms with Crippen molar-refractivity contribution in [1.29, 1.82) is 0 Å². The molecule has 6 heteroatoms. The molecule has 0 radical (unpaired) electrons. The standard InChI is InChI=1S/C12H21N5O/c1-18-12(3-2-4-12)9-10-14-11(16-15-10)17-7-5-13-6-8-17/h13H,2-9H2,1H3,(H,14,15,16). The third-order valence-electron chi connectivity index (χ3n) is 4.11. The zero-order chi connectivity index (χ0) is 12.4. The first-order valence-electron chi connectivity index (χ1n) is 6.73. The van der Waals surface area contributed by atoms with E-state index in [1.807, 2.05) is 0 Å². The molecule has 0 atom stereocenters.